The van der Waals surface area contributed by atoms with Gasteiger partial charge in [0.15, 0.2) is 5.65 Å². The van der Waals surface area contributed by atoms with E-state index in [4.69, 9.17) is 9.72 Å². The van der Waals surface area contributed by atoms with Crippen LogP contribution in [0.3, 0.4) is 0 Å². The highest BCUT2D eigenvalue weighted by atomic mass is 16.5. The van der Waals surface area contributed by atoms with Crippen LogP contribution in [0, 0.1) is 5.92 Å². The minimum Gasteiger partial charge on any atom is -0.374 e. The highest BCUT2D eigenvalue weighted by Crippen LogP contribution is 2.30. The molecule has 28 heavy (non-hydrogen) atoms. The number of nitrogens with one attached hydrogen (secondary N) is 1. The fourth-order valence-electron chi connectivity index (χ4n) is 4.47. The summed E-state index contributed by atoms with van der Waals surface area (Å²) in [5, 5.41) is 4.90. The molecule has 3 heterocycles. The molecule has 146 valence electrons. The van der Waals surface area contributed by atoms with E-state index >= 15 is 0 Å². The van der Waals surface area contributed by atoms with Crippen molar-refractivity contribution in [1.82, 2.24) is 19.7 Å². The number of hydrogen-bond donors (Lipinski definition) is 1. The Hall–Kier alpha value is -2.67. The number of aromatic nitrogens is 4. The van der Waals surface area contributed by atoms with E-state index in [-0.39, 0.29) is 11.7 Å². The number of fused-ring (bicyclic) bond motifs is 1. The molecule has 1 aromatic carbocycles. The van der Waals surface area contributed by atoms with Crippen LogP contribution in [0.2, 0.25) is 0 Å². The lowest BCUT2D eigenvalue weighted by molar-refractivity contribution is -0.00960. The van der Waals surface area contributed by atoms with E-state index < -0.39 is 0 Å². The van der Waals surface area contributed by atoms with Crippen molar-refractivity contribution in [3.8, 4) is 5.69 Å². The highest BCUT2D eigenvalue weighted by molar-refractivity contribution is 5.76. The summed E-state index contributed by atoms with van der Waals surface area (Å²) < 4.78 is 7.82. The van der Waals surface area contributed by atoms with E-state index in [1.165, 1.54) is 32.1 Å². The molecule has 1 aliphatic heterocycles. The predicted octanol–water partition coefficient (Wildman–Crippen LogP) is 2.89. The third kappa shape index (κ3) is 3.20. The average molecular weight is 379 g/mol. The molecule has 1 unspecified atom stereocenters. The summed E-state index contributed by atoms with van der Waals surface area (Å²) in [5.74, 6) is 1.22. The second-order valence-electron chi connectivity index (χ2n) is 7.77. The van der Waals surface area contributed by atoms with Gasteiger partial charge in [-0.3, -0.25) is 9.78 Å². The number of aromatic amines is 1. The lowest BCUT2D eigenvalue weighted by atomic mass is 9.84. The first-order valence-corrected chi connectivity index (χ1v) is 10.2. The predicted molar refractivity (Wildman–Crippen MR) is 108 cm³/mol. The molecule has 0 spiro atoms. The van der Waals surface area contributed by atoms with Gasteiger partial charge in [0.25, 0.3) is 5.56 Å². The lowest BCUT2D eigenvalue weighted by Crippen LogP contribution is -2.47. The van der Waals surface area contributed by atoms with Crippen molar-refractivity contribution in [1.29, 1.82) is 0 Å². The minimum atomic E-state index is -0.150. The summed E-state index contributed by atoms with van der Waals surface area (Å²) in [4.78, 5) is 22.6. The fraction of sp³-hybridized carbons (Fsp3) is 0.476. The summed E-state index contributed by atoms with van der Waals surface area (Å²) in [6.45, 7) is 2.18. The largest absolute Gasteiger partial charge is 0.374 e. The van der Waals surface area contributed by atoms with Crippen molar-refractivity contribution in [2.24, 2.45) is 5.92 Å². The molecule has 0 bridgehead atoms. The first kappa shape index (κ1) is 17.4. The van der Waals surface area contributed by atoms with Gasteiger partial charge >= 0.3 is 0 Å². The Morgan fingerprint density at radius 1 is 1.11 bits per heavy atom. The van der Waals surface area contributed by atoms with Crippen molar-refractivity contribution in [3.05, 3.63) is 46.9 Å². The van der Waals surface area contributed by atoms with E-state index in [9.17, 15) is 4.79 Å². The van der Waals surface area contributed by atoms with Gasteiger partial charge in [-0.15, -0.1) is 0 Å². The normalized spacial score (nSPS) is 21.3. The number of anilines is 1. The van der Waals surface area contributed by atoms with Gasteiger partial charge in [0.1, 0.15) is 5.39 Å². The van der Waals surface area contributed by atoms with Crippen LogP contribution >= 0.6 is 0 Å². The van der Waals surface area contributed by atoms with Crippen molar-refractivity contribution < 1.29 is 4.74 Å². The Kier molecular flexibility index (Phi) is 4.60. The summed E-state index contributed by atoms with van der Waals surface area (Å²) in [5.41, 5.74) is 1.33. The maximum Gasteiger partial charge on any atom is 0.263 e. The Bertz CT molecular complexity index is 1010. The topological polar surface area (TPSA) is 76.0 Å². The van der Waals surface area contributed by atoms with E-state index in [1.807, 2.05) is 30.3 Å². The van der Waals surface area contributed by atoms with Crippen LogP contribution in [0.25, 0.3) is 16.7 Å². The molecule has 3 aromatic rings. The second kappa shape index (κ2) is 7.39. The van der Waals surface area contributed by atoms with Crippen molar-refractivity contribution in [2.45, 2.75) is 38.2 Å². The van der Waals surface area contributed by atoms with Gasteiger partial charge in [-0.2, -0.15) is 10.1 Å². The molecule has 7 nitrogen and oxygen atoms in total. The number of hydrogen-bond acceptors (Lipinski definition) is 5. The van der Waals surface area contributed by atoms with Gasteiger partial charge in [0, 0.05) is 13.1 Å². The molecule has 0 radical (unpaired) electrons. The zero-order chi connectivity index (χ0) is 18.9. The third-order valence-electron chi connectivity index (χ3n) is 5.99. The fourth-order valence-corrected chi connectivity index (χ4v) is 4.47. The van der Waals surface area contributed by atoms with Crippen LogP contribution in [0.5, 0.6) is 0 Å². The number of nitrogens with zero attached hydrogens (tertiary/aromatic N) is 4. The lowest BCUT2D eigenvalue weighted by Gasteiger charge is -2.38. The maximum absolute atomic E-state index is 12.7. The van der Waals surface area contributed by atoms with Gasteiger partial charge < -0.3 is 9.64 Å². The van der Waals surface area contributed by atoms with Crippen LogP contribution < -0.4 is 10.5 Å². The van der Waals surface area contributed by atoms with Gasteiger partial charge in [-0.1, -0.05) is 37.5 Å². The molecule has 0 amide bonds. The standard InChI is InChI=1S/C21H25N5O2/c27-20-17-13-22-26(16-9-5-2-6-10-16)19(17)23-21(24-20)25-11-12-28-18(14-25)15-7-3-1-4-8-15/h2,5-6,9-10,13,15,18H,1,3-4,7-8,11-12,14H2,(H,23,24,27). The highest BCUT2D eigenvalue weighted by Gasteiger charge is 2.30. The van der Waals surface area contributed by atoms with Crippen LogP contribution in [-0.2, 0) is 4.74 Å². The Morgan fingerprint density at radius 3 is 2.75 bits per heavy atom. The number of morpholine rings is 1. The summed E-state index contributed by atoms with van der Waals surface area (Å²) in [7, 11) is 0. The molecule has 1 N–H and O–H groups in total. The van der Waals surface area contributed by atoms with Crippen LogP contribution in [-0.4, -0.2) is 45.5 Å². The molecule has 1 saturated heterocycles. The van der Waals surface area contributed by atoms with Crippen LogP contribution in [0.4, 0.5) is 5.95 Å². The smallest absolute Gasteiger partial charge is 0.263 e. The van der Waals surface area contributed by atoms with E-state index in [0.717, 1.165) is 18.8 Å². The van der Waals surface area contributed by atoms with Crippen molar-refractivity contribution in [3.63, 3.8) is 0 Å². The Labute approximate surface area is 163 Å². The number of rotatable bonds is 3. The number of H-pyrrole nitrogens is 1. The molecular formula is C21H25N5O2. The zero-order valence-electron chi connectivity index (χ0n) is 15.9. The number of ether oxygens (including phenoxy) is 1. The molecule has 7 heteroatoms. The first-order chi connectivity index (χ1) is 13.8. The Morgan fingerprint density at radius 2 is 1.93 bits per heavy atom. The third-order valence-corrected chi connectivity index (χ3v) is 5.99. The van der Waals surface area contributed by atoms with Gasteiger partial charge in [-0.25, -0.2) is 4.68 Å². The molecule has 2 fully saturated rings. The first-order valence-electron chi connectivity index (χ1n) is 10.2. The van der Waals surface area contributed by atoms with Crippen LogP contribution in [0.15, 0.2) is 41.3 Å². The molecule has 1 saturated carbocycles. The Balaban J connectivity index is 1.48. The van der Waals surface area contributed by atoms with Crippen molar-refractivity contribution >= 4 is 17.0 Å². The second-order valence-corrected chi connectivity index (χ2v) is 7.77. The minimum absolute atomic E-state index is 0.150. The average Bonchev–Trinajstić information content (AvgIpc) is 3.20. The number of para-hydroxylation sites is 1. The summed E-state index contributed by atoms with van der Waals surface area (Å²) in [6.07, 6.45) is 8.20. The van der Waals surface area contributed by atoms with Gasteiger partial charge in [-0.05, 0) is 30.9 Å². The number of benzene rings is 1. The molecule has 1 aliphatic carbocycles. The zero-order valence-corrected chi connectivity index (χ0v) is 15.9. The molecular weight excluding hydrogens is 354 g/mol. The van der Waals surface area contributed by atoms with E-state index in [1.54, 1.807) is 10.9 Å². The molecule has 2 aromatic heterocycles. The quantitative estimate of drug-likeness (QED) is 0.757. The molecule has 2 aliphatic rings. The maximum atomic E-state index is 12.7. The molecule has 1 atom stereocenters. The summed E-state index contributed by atoms with van der Waals surface area (Å²) in [6, 6.07) is 9.78. The molecule has 5 rings (SSSR count). The van der Waals surface area contributed by atoms with Crippen LogP contribution in [0.1, 0.15) is 32.1 Å². The van der Waals surface area contributed by atoms with Gasteiger partial charge in [0.2, 0.25) is 5.95 Å². The van der Waals surface area contributed by atoms with Gasteiger partial charge in [0.05, 0.1) is 24.6 Å². The van der Waals surface area contributed by atoms with E-state index in [2.05, 4.69) is 15.0 Å². The summed E-state index contributed by atoms with van der Waals surface area (Å²) >= 11 is 0. The van der Waals surface area contributed by atoms with E-state index in [0.29, 0.717) is 29.5 Å². The monoisotopic (exact) mass is 379 g/mol. The van der Waals surface area contributed by atoms with Crippen molar-refractivity contribution in [2.75, 3.05) is 24.6 Å². The SMILES string of the molecule is O=c1[nH]c(N2CCOC(C3CCCCC3)C2)nc2c1cnn2-c1ccccc1.